The van der Waals surface area contributed by atoms with E-state index < -0.39 is 54.1 Å². The maximum absolute atomic E-state index is 14.9. The number of β-amino-alcohol motifs (C(OH)–C–C–N with tert-alkyl or cyclic N) is 1. The third-order valence-electron chi connectivity index (χ3n) is 15.2. The highest BCUT2D eigenvalue weighted by molar-refractivity contribution is 6.03. The zero-order valence-corrected chi connectivity index (χ0v) is 43.4. The zero-order valence-electron chi connectivity index (χ0n) is 43.4. The summed E-state index contributed by atoms with van der Waals surface area (Å²) in [5.74, 6) is -2.09. The molecular formula is C57H62N10O9. The van der Waals surface area contributed by atoms with Gasteiger partial charge in [-0.3, -0.25) is 28.8 Å². The molecule has 19 heteroatoms. The number of rotatable bonds is 16. The van der Waals surface area contributed by atoms with Gasteiger partial charge in [0.05, 0.1) is 24.7 Å². The van der Waals surface area contributed by atoms with Gasteiger partial charge in [-0.25, -0.2) is 4.98 Å². The summed E-state index contributed by atoms with van der Waals surface area (Å²) in [7, 11) is 1.94. The summed E-state index contributed by atoms with van der Waals surface area (Å²) in [6.45, 7) is 10.2. The highest BCUT2D eigenvalue weighted by Crippen LogP contribution is 2.35. The monoisotopic (exact) mass is 1030 g/mol. The third kappa shape index (κ3) is 10.1. The second kappa shape index (κ2) is 21.2. The van der Waals surface area contributed by atoms with E-state index in [1.54, 1.807) is 41.6 Å². The largest absolute Gasteiger partial charge is 0.488 e. The smallest absolute Gasteiger partial charge is 0.255 e. The summed E-state index contributed by atoms with van der Waals surface area (Å²) < 4.78 is 13.4. The van der Waals surface area contributed by atoms with Gasteiger partial charge in [-0.1, -0.05) is 106 Å². The van der Waals surface area contributed by atoms with Gasteiger partial charge in [-0.05, 0) is 59.2 Å². The summed E-state index contributed by atoms with van der Waals surface area (Å²) in [6.07, 6.45) is 1.59. The predicted molar refractivity (Wildman–Crippen MR) is 277 cm³/mol. The number of hydrogen-bond acceptors (Lipinski definition) is 12. The number of carbonyl (C=O) groups is 6. The van der Waals surface area contributed by atoms with Crippen LogP contribution in [0.5, 0.6) is 5.75 Å². The van der Waals surface area contributed by atoms with Gasteiger partial charge in [0.2, 0.25) is 35.8 Å². The topological polar surface area (TPSA) is 226 Å². The lowest BCUT2D eigenvalue weighted by molar-refractivity contribution is -0.143. The van der Waals surface area contributed by atoms with Crippen LogP contribution in [0.1, 0.15) is 89.2 Å². The maximum Gasteiger partial charge on any atom is 0.255 e. The first-order valence-corrected chi connectivity index (χ1v) is 25.8. The van der Waals surface area contributed by atoms with E-state index in [1.807, 2.05) is 107 Å². The van der Waals surface area contributed by atoms with Crippen LogP contribution in [0.15, 0.2) is 108 Å². The van der Waals surface area contributed by atoms with Gasteiger partial charge in [0, 0.05) is 80.6 Å². The third-order valence-corrected chi connectivity index (χ3v) is 15.2. The van der Waals surface area contributed by atoms with Gasteiger partial charge in [0.25, 0.3) is 11.8 Å². The molecule has 0 radical (unpaired) electrons. The Morgan fingerprint density at radius 3 is 1.84 bits per heavy atom. The van der Waals surface area contributed by atoms with E-state index in [-0.39, 0.29) is 81.7 Å². The number of aliphatic hydroxyl groups is 1. The number of imidazole rings is 1. The van der Waals surface area contributed by atoms with Crippen LogP contribution in [0.4, 0.5) is 0 Å². The molecule has 76 heavy (non-hydrogen) atoms. The molecule has 0 spiro atoms. The fourth-order valence-electron chi connectivity index (χ4n) is 11.1. The Kier molecular flexibility index (Phi) is 14.3. The highest BCUT2D eigenvalue weighted by atomic mass is 16.5. The van der Waals surface area contributed by atoms with Crippen molar-refractivity contribution in [2.24, 2.45) is 18.9 Å². The highest BCUT2D eigenvalue weighted by Gasteiger charge is 2.48. The van der Waals surface area contributed by atoms with Crippen molar-refractivity contribution in [3.8, 4) is 28.4 Å². The first-order chi connectivity index (χ1) is 36.5. The molecule has 2 fully saturated rings. The number of benzene rings is 4. The molecule has 0 bridgehead atoms. The molecular weight excluding hydrogens is 969 g/mol. The Morgan fingerprint density at radius 2 is 1.28 bits per heavy atom. The average Bonchev–Trinajstić information content (AvgIpc) is 4.31. The molecule has 4 aromatic carbocycles. The molecule has 0 unspecified atom stereocenters. The summed E-state index contributed by atoms with van der Waals surface area (Å²) in [5.41, 5.74) is 7.66. The van der Waals surface area contributed by atoms with E-state index in [0.717, 1.165) is 39.2 Å². The van der Waals surface area contributed by atoms with Crippen LogP contribution in [0.2, 0.25) is 0 Å². The Balaban J connectivity index is 0.831. The molecule has 2 saturated heterocycles. The molecule has 19 nitrogen and oxygen atoms in total. The van der Waals surface area contributed by atoms with Crippen LogP contribution in [-0.2, 0) is 52.4 Å². The number of amides is 6. The van der Waals surface area contributed by atoms with Crippen molar-refractivity contribution in [2.75, 3.05) is 13.1 Å². The second-order valence-electron chi connectivity index (χ2n) is 21.0. The quantitative estimate of drug-likeness (QED) is 0.116. The minimum absolute atomic E-state index is 0.0402. The van der Waals surface area contributed by atoms with Crippen molar-refractivity contribution < 1.29 is 43.1 Å². The van der Waals surface area contributed by atoms with Gasteiger partial charge >= 0.3 is 0 Å². The van der Waals surface area contributed by atoms with Crippen molar-refractivity contribution in [2.45, 2.75) is 110 Å². The van der Waals surface area contributed by atoms with Crippen molar-refractivity contribution in [3.05, 3.63) is 143 Å². The Hall–Kier alpha value is -8.19. The molecule has 2 aromatic heterocycles. The molecule has 0 aliphatic carbocycles. The molecule has 4 aliphatic rings. The van der Waals surface area contributed by atoms with Gasteiger partial charge < -0.3 is 49.2 Å². The van der Waals surface area contributed by atoms with Gasteiger partial charge in [0.15, 0.2) is 0 Å². The van der Waals surface area contributed by atoms with E-state index in [9.17, 15) is 33.9 Å². The molecule has 3 N–H and O–H groups in total. The van der Waals surface area contributed by atoms with Gasteiger partial charge in [-0.15, -0.1) is 0 Å². The molecule has 4 aliphatic heterocycles. The Bertz CT molecular complexity index is 3170. The number of likely N-dealkylation sites (tertiary alicyclic amines) is 2. The minimum Gasteiger partial charge on any atom is -0.488 e. The van der Waals surface area contributed by atoms with Gasteiger partial charge in [0.1, 0.15) is 36.0 Å². The van der Waals surface area contributed by atoms with Crippen LogP contribution in [0.25, 0.3) is 22.6 Å². The van der Waals surface area contributed by atoms with Crippen molar-refractivity contribution in [1.29, 1.82) is 0 Å². The van der Waals surface area contributed by atoms with Crippen LogP contribution in [0, 0.1) is 18.8 Å². The summed E-state index contributed by atoms with van der Waals surface area (Å²) in [4.78, 5) is 100. The standard InChI is InChI=1S/C57H62N10O9/c1-32(2)49(56(73)64-28-41(68)21-46(64)52(69)58-25-36-13-17-38(18-14-36)51-61-31-75-62-51)67-27-40-19-20-42(22-45(40)55(67)72)76-43-23-47(53(70)59-24-35-11-15-37(16-12-35)48-34(5)63(6)30-60-48)65(29-43)57(74)50(33(3)4)66-26-39-9-7-8-10-44(39)54(66)71/h7-20,22,30-33,41,43,46-47,49-50,68H,21,23-29H2,1-6H3,(H,58,69)(H,59,70)/t41-,43-,46+,47+,49+,50+/m1/s1. The second-order valence-corrected chi connectivity index (χ2v) is 21.0. The lowest BCUT2D eigenvalue weighted by Crippen LogP contribution is -2.55. The Labute approximate surface area is 440 Å². The van der Waals surface area contributed by atoms with E-state index in [4.69, 9.17) is 9.26 Å². The van der Waals surface area contributed by atoms with E-state index in [1.165, 1.54) is 21.1 Å². The predicted octanol–water partition coefficient (Wildman–Crippen LogP) is 5.05. The van der Waals surface area contributed by atoms with Gasteiger partial charge in [-0.2, -0.15) is 4.98 Å². The Morgan fingerprint density at radius 1 is 0.711 bits per heavy atom. The fourth-order valence-corrected chi connectivity index (χ4v) is 11.1. The average molecular weight is 1030 g/mol. The van der Waals surface area contributed by atoms with Crippen LogP contribution in [0.3, 0.4) is 0 Å². The number of aryl methyl sites for hydroxylation is 1. The minimum atomic E-state index is -0.956. The van der Waals surface area contributed by atoms with Crippen LogP contribution >= 0.6 is 0 Å². The summed E-state index contributed by atoms with van der Waals surface area (Å²) in [6, 6.07) is 23.8. The van der Waals surface area contributed by atoms with Crippen molar-refractivity contribution >= 4 is 35.4 Å². The number of nitrogens with zero attached hydrogens (tertiary/aromatic N) is 8. The van der Waals surface area contributed by atoms with E-state index in [0.29, 0.717) is 28.3 Å². The zero-order chi connectivity index (χ0) is 53.5. The van der Waals surface area contributed by atoms with E-state index in [2.05, 4.69) is 25.8 Å². The number of nitrogens with one attached hydrogen (secondary N) is 2. The number of fused-ring (bicyclic) bond motifs is 2. The number of hydrogen-bond donors (Lipinski definition) is 3. The molecule has 6 heterocycles. The molecule has 394 valence electrons. The normalized spacial score (nSPS) is 19.9. The molecule has 6 atom stereocenters. The van der Waals surface area contributed by atoms with Crippen LogP contribution in [-0.4, -0.2) is 129 Å². The molecule has 6 aromatic rings. The van der Waals surface area contributed by atoms with Crippen LogP contribution < -0.4 is 15.4 Å². The molecule has 10 rings (SSSR count). The summed E-state index contributed by atoms with van der Waals surface area (Å²) in [5, 5.41) is 20.6. The van der Waals surface area contributed by atoms with Crippen molar-refractivity contribution in [1.82, 2.24) is 49.9 Å². The number of aliphatic hydroxyl groups excluding tert-OH is 1. The SMILES string of the molecule is Cc1c(-c2ccc(CNC(=O)[C@@H]3C[C@@H](Oc4ccc5c(c4)C(=O)N([C@H](C(=O)N4C[C@H](O)C[C@H]4C(=O)NCc4ccc(-c6ncon6)cc4)C(C)C)C5)CN3C(=O)[C@H](C(C)C)N3Cc4ccccc4C3=O)cc2)ncn1C. The summed E-state index contributed by atoms with van der Waals surface area (Å²) >= 11 is 0. The number of aromatic nitrogens is 4. The van der Waals surface area contributed by atoms with E-state index >= 15 is 0 Å². The first-order valence-electron chi connectivity index (χ1n) is 25.8. The fraction of sp³-hybridized carbons (Fsp3) is 0.386. The molecule has 0 saturated carbocycles. The maximum atomic E-state index is 14.9. The van der Waals surface area contributed by atoms with Crippen molar-refractivity contribution in [3.63, 3.8) is 0 Å². The number of ether oxygens (including phenoxy) is 1. The first kappa shape index (κ1) is 51.3. The lowest BCUT2D eigenvalue weighted by Gasteiger charge is -2.35. The number of carbonyl (C=O) groups excluding carboxylic acids is 6. The molecule has 6 amide bonds. The lowest BCUT2D eigenvalue weighted by atomic mass is 10.0.